The summed E-state index contributed by atoms with van der Waals surface area (Å²) in [6.07, 6.45) is 5.23. The maximum Gasteiger partial charge on any atom is 0.254 e. The maximum atomic E-state index is 10.7. The quantitative estimate of drug-likeness (QED) is 0.496. The molecule has 1 aromatic heterocycles. The van der Waals surface area contributed by atoms with E-state index in [4.69, 9.17) is 0 Å². The number of carbonyl (C=O) groups excluding carboxylic acids is 1. The molecule has 2 heterocycles. The lowest BCUT2D eigenvalue weighted by molar-refractivity contribution is -0.117. The largest absolute Gasteiger partial charge is 0.294 e. The molecule has 0 saturated heterocycles. The van der Waals surface area contributed by atoms with Crippen LogP contribution in [-0.4, -0.2) is 21.8 Å². The van der Waals surface area contributed by atoms with Crippen LogP contribution in [-0.2, 0) is 11.2 Å². The monoisotopic (exact) mass is 135 g/mol. The van der Waals surface area contributed by atoms with E-state index < -0.39 is 0 Å². The van der Waals surface area contributed by atoms with Gasteiger partial charge in [0.1, 0.15) is 12.2 Å². The predicted molar refractivity (Wildman–Crippen MR) is 34.8 cm³/mol. The van der Waals surface area contributed by atoms with E-state index in [0.29, 0.717) is 6.42 Å². The van der Waals surface area contributed by atoms with Crippen LogP contribution in [0.1, 0.15) is 5.82 Å². The van der Waals surface area contributed by atoms with Crippen LogP contribution in [0.2, 0.25) is 0 Å². The van der Waals surface area contributed by atoms with Crippen molar-refractivity contribution in [3.63, 3.8) is 0 Å². The Labute approximate surface area is 57.2 Å². The number of rotatable bonds is 0. The zero-order chi connectivity index (χ0) is 6.97. The van der Waals surface area contributed by atoms with E-state index in [0.717, 1.165) is 5.82 Å². The van der Waals surface area contributed by atoms with Gasteiger partial charge < -0.3 is 0 Å². The fourth-order valence-electron chi connectivity index (χ4n) is 0.893. The van der Waals surface area contributed by atoms with Crippen LogP contribution in [0.4, 0.5) is 0 Å². The number of aromatic nitrogens is 2. The first-order valence-corrected chi connectivity index (χ1v) is 2.95. The van der Waals surface area contributed by atoms with Crippen molar-refractivity contribution in [2.24, 2.45) is 4.99 Å². The molecule has 4 nitrogen and oxygen atoms in total. The summed E-state index contributed by atoms with van der Waals surface area (Å²) in [5.41, 5.74) is 0. The van der Waals surface area contributed by atoms with Crippen LogP contribution in [0.25, 0.3) is 0 Å². The molecule has 0 atom stereocenters. The molecule has 0 fully saturated rings. The Morgan fingerprint density at radius 1 is 1.60 bits per heavy atom. The fraction of sp³-hybridized carbons (Fsp3) is 0.167. The summed E-state index contributed by atoms with van der Waals surface area (Å²) >= 11 is 0. The molecular formula is C6H5N3O. The second-order valence-electron chi connectivity index (χ2n) is 2.07. The minimum absolute atomic E-state index is 0.126. The van der Waals surface area contributed by atoms with E-state index in [1.165, 1.54) is 6.34 Å². The van der Waals surface area contributed by atoms with Gasteiger partial charge in [-0.15, -0.1) is 0 Å². The van der Waals surface area contributed by atoms with Gasteiger partial charge in [0.15, 0.2) is 0 Å². The molecule has 0 saturated carbocycles. The minimum atomic E-state index is -0.126. The number of carbonyl (C=O) groups is 1. The number of amides is 1. The Morgan fingerprint density at radius 2 is 2.50 bits per heavy atom. The second-order valence-corrected chi connectivity index (χ2v) is 2.07. The van der Waals surface area contributed by atoms with Gasteiger partial charge >= 0.3 is 0 Å². The van der Waals surface area contributed by atoms with Gasteiger partial charge in [-0.1, -0.05) is 0 Å². The molecular weight excluding hydrogens is 130 g/mol. The normalized spacial score (nSPS) is 15.4. The SMILES string of the molecule is O=C1Cc2nccn2C=N1. The lowest BCUT2D eigenvalue weighted by atomic mass is 10.4. The molecule has 0 spiro atoms. The van der Waals surface area contributed by atoms with Gasteiger partial charge in [-0.2, -0.15) is 0 Å². The number of hydrogen-bond donors (Lipinski definition) is 0. The van der Waals surface area contributed by atoms with Gasteiger partial charge in [0.25, 0.3) is 5.91 Å². The zero-order valence-electron chi connectivity index (χ0n) is 5.19. The Bertz CT molecular complexity index is 300. The summed E-state index contributed by atoms with van der Waals surface area (Å²) in [6, 6.07) is 0. The van der Waals surface area contributed by atoms with E-state index in [9.17, 15) is 4.79 Å². The summed E-state index contributed by atoms with van der Waals surface area (Å²) in [4.78, 5) is 18.2. The second kappa shape index (κ2) is 1.76. The van der Waals surface area contributed by atoms with Crippen molar-refractivity contribution < 1.29 is 4.79 Å². The third kappa shape index (κ3) is 0.655. The smallest absolute Gasteiger partial charge is 0.254 e. The van der Waals surface area contributed by atoms with Crippen molar-refractivity contribution in [2.75, 3.05) is 0 Å². The molecule has 1 aromatic rings. The first-order chi connectivity index (χ1) is 4.86. The van der Waals surface area contributed by atoms with Gasteiger partial charge in [-0.3, -0.25) is 9.36 Å². The van der Waals surface area contributed by atoms with Gasteiger partial charge in [0, 0.05) is 12.4 Å². The van der Waals surface area contributed by atoms with Crippen LogP contribution in [0.15, 0.2) is 17.4 Å². The molecule has 0 aliphatic carbocycles. The Morgan fingerprint density at radius 3 is 3.40 bits per heavy atom. The minimum Gasteiger partial charge on any atom is -0.294 e. The van der Waals surface area contributed by atoms with Crippen LogP contribution in [0, 0.1) is 0 Å². The molecule has 1 aliphatic heterocycles. The van der Waals surface area contributed by atoms with Gasteiger partial charge in [0.05, 0.1) is 6.42 Å². The lowest BCUT2D eigenvalue weighted by Crippen LogP contribution is -2.14. The summed E-state index contributed by atoms with van der Waals surface area (Å²) in [5, 5.41) is 0. The molecule has 0 N–H and O–H groups in total. The van der Waals surface area contributed by atoms with Crippen LogP contribution in [0.3, 0.4) is 0 Å². The summed E-state index contributed by atoms with van der Waals surface area (Å²) in [7, 11) is 0. The third-order valence-electron chi connectivity index (χ3n) is 1.38. The third-order valence-corrected chi connectivity index (χ3v) is 1.38. The van der Waals surface area contributed by atoms with Crippen molar-refractivity contribution in [2.45, 2.75) is 6.42 Å². The number of imidazole rings is 1. The van der Waals surface area contributed by atoms with E-state index in [1.54, 1.807) is 17.0 Å². The lowest BCUT2D eigenvalue weighted by Gasteiger charge is -2.02. The molecule has 4 heteroatoms. The van der Waals surface area contributed by atoms with Crippen molar-refractivity contribution >= 4 is 12.2 Å². The van der Waals surface area contributed by atoms with Crippen molar-refractivity contribution in [1.29, 1.82) is 0 Å². The Hall–Kier alpha value is -1.45. The molecule has 0 radical (unpaired) electrons. The molecule has 10 heavy (non-hydrogen) atoms. The maximum absolute atomic E-state index is 10.7. The number of fused-ring (bicyclic) bond motifs is 1. The molecule has 0 unspecified atom stereocenters. The standard InChI is InChI=1S/C6H5N3O/c10-6-3-5-7-1-2-9(5)4-8-6/h1-2,4H,3H2. The Balaban J connectivity index is 2.52. The van der Waals surface area contributed by atoms with Crippen molar-refractivity contribution in [1.82, 2.24) is 9.55 Å². The van der Waals surface area contributed by atoms with Crippen LogP contribution < -0.4 is 0 Å². The average molecular weight is 135 g/mol. The molecule has 2 rings (SSSR count). The number of nitrogens with zero attached hydrogens (tertiary/aromatic N) is 3. The predicted octanol–water partition coefficient (Wildman–Crippen LogP) is -0.158. The number of hydrogen-bond acceptors (Lipinski definition) is 2. The first-order valence-electron chi connectivity index (χ1n) is 2.95. The van der Waals surface area contributed by atoms with Crippen molar-refractivity contribution in [3.8, 4) is 0 Å². The van der Waals surface area contributed by atoms with E-state index in [1.807, 2.05) is 0 Å². The molecule has 0 bridgehead atoms. The van der Waals surface area contributed by atoms with E-state index in [-0.39, 0.29) is 5.91 Å². The van der Waals surface area contributed by atoms with Gasteiger partial charge in [-0.25, -0.2) is 9.98 Å². The van der Waals surface area contributed by atoms with Gasteiger partial charge in [-0.05, 0) is 0 Å². The number of aliphatic imine (C=N–C) groups is 1. The summed E-state index contributed by atoms with van der Waals surface area (Å²) < 4.78 is 1.74. The Kier molecular flexibility index (Phi) is 0.943. The molecule has 0 aromatic carbocycles. The highest BCUT2D eigenvalue weighted by Gasteiger charge is 2.10. The summed E-state index contributed by atoms with van der Waals surface area (Å²) in [5.74, 6) is 0.638. The van der Waals surface area contributed by atoms with Crippen LogP contribution >= 0.6 is 0 Å². The highest BCUT2D eigenvalue weighted by molar-refractivity contribution is 5.89. The van der Waals surface area contributed by atoms with Gasteiger partial charge in [0.2, 0.25) is 0 Å². The van der Waals surface area contributed by atoms with Crippen molar-refractivity contribution in [3.05, 3.63) is 18.2 Å². The van der Waals surface area contributed by atoms with E-state index >= 15 is 0 Å². The average Bonchev–Trinajstić information content (AvgIpc) is 2.33. The first kappa shape index (κ1) is 5.34. The highest BCUT2D eigenvalue weighted by Crippen LogP contribution is 2.01. The fourth-order valence-corrected chi connectivity index (χ4v) is 0.893. The zero-order valence-corrected chi connectivity index (χ0v) is 5.19. The summed E-state index contributed by atoms with van der Waals surface area (Å²) in [6.45, 7) is 0. The molecule has 50 valence electrons. The molecule has 1 amide bonds. The topological polar surface area (TPSA) is 47.2 Å². The highest BCUT2D eigenvalue weighted by atomic mass is 16.1. The van der Waals surface area contributed by atoms with E-state index in [2.05, 4.69) is 9.98 Å². The van der Waals surface area contributed by atoms with Crippen LogP contribution in [0.5, 0.6) is 0 Å². The molecule has 1 aliphatic rings.